The minimum atomic E-state index is 0.0993. The molecule has 2 aromatic heterocycles. The van der Waals surface area contributed by atoms with Crippen LogP contribution in [0.2, 0.25) is 5.15 Å². The number of halogens is 1. The van der Waals surface area contributed by atoms with Crippen LogP contribution in [0.25, 0.3) is 22.0 Å². The molecule has 3 aliphatic rings. The van der Waals surface area contributed by atoms with Crippen LogP contribution in [0.4, 0.5) is 5.82 Å². The highest BCUT2D eigenvalue weighted by atomic mass is 35.5. The van der Waals surface area contributed by atoms with Gasteiger partial charge in [0.25, 0.3) is 0 Å². The third-order valence-corrected chi connectivity index (χ3v) is 7.42. The summed E-state index contributed by atoms with van der Waals surface area (Å²) in [5.41, 5.74) is 4.37. The number of fused-ring (bicyclic) bond motifs is 1. The molecule has 3 heterocycles. The zero-order valence-corrected chi connectivity index (χ0v) is 19.9. The van der Waals surface area contributed by atoms with Gasteiger partial charge < -0.3 is 9.80 Å². The molecule has 3 fully saturated rings. The number of carbonyl (C=O) groups excluding carboxylic acids is 1. The van der Waals surface area contributed by atoms with E-state index in [1.807, 2.05) is 41.3 Å². The van der Waals surface area contributed by atoms with Gasteiger partial charge in [0.2, 0.25) is 5.91 Å². The van der Waals surface area contributed by atoms with Gasteiger partial charge >= 0.3 is 0 Å². The van der Waals surface area contributed by atoms with Gasteiger partial charge in [-0.15, -0.1) is 0 Å². The van der Waals surface area contributed by atoms with E-state index >= 15 is 0 Å². The predicted octanol–water partition coefficient (Wildman–Crippen LogP) is 5.15. The minimum absolute atomic E-state index is 0.0993. The summed E-state index contributed by atoms with van der Waals surface area (Å²) in [5, 5.41) is 11.5. The van der Waals surface area contributed by atoms with Crippen molar-refractivity contribution in [3.8, 4) is 17.2 Å². The topological polar surface area (TPSA) is 73.1 Å². The first-order valence-electron chi connectivity index (χ1n) is 12.1. The number of para-hydroxylation sites is 1. The number of anilines is 1. The standard InChI is InChI=1S/C27H26ClN5O/c1-16-15-32(10-11-33(16)27(34)18-8-9-18)26-19(14-29)12-22(25(31-26)17-6-7-17)21-13-24(28)30-23-5-3-2-4-20(21)23/h2-5,12-13,16-18H,6-11,15H2,1H3/t16-/m1/s1. The smallest absolute Gasteiger partial charge is 0.226 e. The maximum atomic E-state index is 12.6. The Kier molecular flexibility index (Phi) is 5.18. The van der Waals surface area contributed by atoms with Crippen molar-refractivity contribution in [3.63, 3.8) is 0 Å². The first-order chi connectivity index (χ1) is 16.5. The van der Waals surface area contributed by atoms with Crippen molar-refractivity contribution in [2.75, 3.05) is 24.5 Å². The Morgan fingerprint density at radius 2 is 1.88 bits per heavy atom. The monoisotopic (exact) mass is 471 g/mol. The summed E-state index contributed by atoms with van der Waals surface area (Å²) < 4.78 is 0. The van der Waals surface area contributed by atoms with Crippen LogP contribution in [0.15, 0.2) is 36.4 Å². The average Bonchev–Trinajstić information content (AvgIpc) is 3.75. The van der Waals surface area contributed by atoms with Crippen molar-refractivity contribution in [2.45, 2.75) is 44.6 Å². The fraction of sp³-hybridized carbons (Fsp3) is 0.407. The van der Waals surface area contributed by atoms with Crippen molar-refractivity contribution in [1.29, 1.82) is 5.26 Å². The molecule has 0 radical (unpaired) electrons. The Labute approximate surface area is 204 Å². The Bertz CT molecular complexity index is 1340. The van der Waals surface area contributed by atoms with Crippen LogP contribution in [-0.4, -0.2) is 46.5 Å². The highest BCUT2D eigenvalue weighted by Gasteiger charge is 2.38. The number of rotatable bonds is 4. The quantitative estimate of drug-likeness (QED) is 0.492. The lowest BCUT2D eigenvalue weighted by Gasteiger charge is -2.41. The van der Waals surface area contributed by atoms with Crippen LogP contribution in [-0.2, 0) is 4.79 Å². The number of nitriles is 1. The van der Waals surface area contributed by atoms with Gasteiger partial charge in [0.05, 0.1) is 16.8 Å². The lowest BCUT2D eigenvalue weighted by Crippen LogP contribution is -2.54. The first kappa shape index (κ1) is 21.4. The molecule has 1 saturated heterocycles. The fourth-order valence-electron chi connectivity index (χ4n) is 5.13. The van der Waals surface area contributed by atoms with Gasteiger partial charge in [0, 0.05) is 48.5 Å². The molecule has 6 nitrogen and oxygen atoms in total. The van der Waals surface area contributed by atoms with Gasteiger partial charge in [-0.25, -0.2) is 9.97 Å². The zero-order chi connectivity index (χ0) is 23.4. The van der Waals surface area contributed by atoms with Crippen LogP contribution in [0.1, 0.15) is 49.8 Å². The fourth-order valence-corrected chi connectivity index (χ4v) is 5.33. The van der Waals surface area contributed by atoms with E-state index in [1.165, 1.54) is 0 Å². The lowest BCUT2D eigenvalue weighted by atomic mass is 9.96. The van der Waals surface area contributed by atoms with Gasteiger partial charge in [0.15, 0.2) is 0 Å². The molecule has 0 N–H and O–H groups in total. The summed E-state index contributed by atoms with van der Waals surface area (Å²) in [5.74, 6) is 1.64. The Morgan fingerprint density at radius 3 is 2.59 bits per heavy atom. The number of hydrogen-bond acceptors (Lipinski definition) is 5. The first-order valence-corrected chi connectivity index (χ1v) is 12.5. The number of piperazine rings is 1. The van der Waals surface area contributed by atoms with Crippen LogP contribution in [0, 0.1) is 17.2 Å². The van der Waals surface area contributed by atoms with Crippen molar-refractivity contribution in [3.05, 3.63) is 52.8 Å². The van der Waals surface area contributed by atoms with E-state index in [-0.39, 0.29) is 17.9 Å². The van der Waals surface area contributed by atoms with Crippen molar-refractivity contribution in [2.24, 2.45) is 5.92 Å². The minimum Gasteiger partial charge on any atom is -0.352 e. The molecule has 1 aliphatic heterocycles. The largest absolute Gasteiger partial charge is 0.352 e. The molecule has 172 valence electrons. The maximum absolute atomic E-state index is 12.6. The molecule has 34 heavy (non-hydrogen) atoms. The zero-order valence-electron chi connectivity index (χ0n) is 19.2. The van der Waals surface area contributed by atoms with E-state index in [1.54, 1.807) is 0 Å². The van der Waals surface area contributed by atoms with Crippen LogP contribution < -0.4 is 4.90 Å². The van der Waals surface area contributed by atoms with E-state index < -0.39 is 0 Å². The molecule has 0 spiro atoms. The lowest BCUT2D eigenvalue weighted by molar-refractivity contribution is -0.134. The molecule has 7 heteroatoms. The molecule has 1 amide bonds. The molecular weight excluding hydrogens is 446 g/mol. The molecule has 6 rings (SSSR count). The number of nitrogens with zero attached hydrogens (tertiary/aromatic N) is 5. The summed E-state index contributed by atoms with van der Waals surface area (Å²) in [6, 6.07) is 14.3. The van der Waals surface area contributed by atoms with Crippen LogP contribution in [0.3, 0.4) is 0 Å². The third kappa shape index (κ3) is 3.78. The molecule has 3 aromatic rings. The summed E-state index contributed by atoms with van der Waals surface area (Å²) >= 11 is 6.39. The highest BCUT2D eigenvalue weighted by Crippen LogP contribution is 2.46. The highest BCUT2D eigenvalue weighted by molar-refractivity contribution is 6.30. The second-order valence-electron chi connectivity index (χ2n) is 9.79. The van der Waals surface area contributed by atoms with Gasteiger partial charge in [-0.2, -0.15) is 5.26 Å². The molecule has 2 aliphatic carbocycles. The summed E-state index contributed by atoms with van der Waals surface area (Å²) in [6.07, 6.45) is 4.24. The Morgan fingerprint density at radius 1 is 1.09 bits per heavy atom. The molecule has 2 saturated carbocycles. The van der Waals surface area contributed by atoms with Gasteiger partial charge in [-0.05, 0) is 56.4 Å². The number of aromatic nitrogens is 2. The second-order valence-corrected chi connectivity index (χ2v) is 10.2. The average molecular weight is 472 g/mol. The maximum Gasteiger partial charge on any atom is 0.226 e. The van der Waals surface area contributed by atoms with Gasteiger partial charge in [-0.1, -0.05) is 29.8 Å². The number of hydrogen-bond donors (Lipinski definition) is 0. The van der Waals surface area contributed by atoms with Crippen molar-refractivity contribution in [1.82, 2.24) is 14.9 Å². The van der Waals surface area contributed by atoms with E-state index in [4.69, 9.17) is 16.6 Å². The van der Waals surface area contributed by atoms with E-state index in [2.05, 4.69) is 22.9 Å². The third-order valence-electron chi connectivity index (χ3n) is 7.23. The van der Waals surface area contributed by atoms with Crippen LogP contribution in [0.5, 0.6) is 0 Å². The number of benzene rings is 1. The van der Waals surface area contributed by atoms with E-state index in [9.17, 15) is 10.1 Å². The summed E-state index contributed by atoms with van der Waals surface area (Å²) in [7, 11) is 0. The van der Waals surface area contributed by atoms with Gasteiger partial charge in [0.1, 0.15) is 17.0 Å². The molecule has 1 atom stereocenters. The number of carbonyl (C=O) groups is 1. The Balaban J connectivity index is 1.41. The Hall–Kier alpha value is -3.17. The van der Waals surface area contributed by atoms with Gasteiger partial charge in [-0.3, -0.25) is 4.79 Å². The SMILES string of the molecule is C[C@@H]1CN(c2nc(C3CC3)c(-c3cc(Cl)nc4ccccc34)cc2C#N)CCN1C(=O)C1CC1. The van der Waals surface area contributed by atoms with Crippen LogP contribution >= 0.6 is 11.6 Å². The molecule has 0 bridgehead atoms. The van der Waals surface area contributed by atoms with Crippen molar-refractivity contribution < 1.29 is 4.79 Å². The predicted molar refractivity (Wildman–Crippen MR) is 133 cm³/mol. The second kappa shape index (κ2) is 8.25. The van der Waals surface area contributed by atoms with E-state index in [0.717, 1.165) is 59.2 Å². The summed E-state index contributed by atoms with van der Waals surface area (Å²) in [4.78, 5) is 26.5. The molecule has 0 unspecified atom stereocenters. The summed E-state index contributed by atoms with van der Waals surface area (Å²) in [6.45, 7) is 4.15. The molecule has 1 aromatic carbocycles. The normalized spacial score (nSPS) is 20.4. The number of pyridine rings is 2. The molecular formula is C27H26ClN5O. The number of amides is 1. The van der Waals surface area contributed by atoms with E-state index in [0.29, 0.717) is 36.3 Å². The van der Waals surface area contributed by atoms with Crippen molar-refractivity contribution >= 4 is 34.2 Å².